The van der Waals surface area contributed by atoms with Crippen molar-refractivity contribution >= 4 is 11.0 Å². The van der Waals surface area contributed by atoms with Gasteiger partial charge in [0.05, 0.1) is 16.6 Å². The minimum absolute atomic E-state index is 0.244. The zero-order valence-electron chi connectivity index (χ0n) is 12.6. The van der Waals surface area contributed by atoms with Crippen molar-refractivity contribution in [3.05, 3.63) is 30.1 Å². The van der Waals surface area contributed by atoms with Gasteiger partial charge < -0.3 is 10.3 Å². The van der Waals surface area contributed by atoms with Gasteiger partial charge in [0.2, 0.25) is 0 Å². The first-order valence-electron chi connectivity index (χ1n) is 7.88. The van der Waals surface area contributed by atoms with Crippen LogP contribution in [0.3, 0.4) is 0 Å². The highest BCUT2D eigenvalue weighted by atomic mass is 15.1. The molecule has 2 atom stereocenters. The molecule has 1 heterocycles. The number of hydrogen-bond acceptors (Lipinski definition) is 2. The van der Waals surface area contributed by atoms with Crippen LogP contribution in [0.4, 0.5) is 0 Å². The number of nitrogens with zero attached hydrogens (tertiary/aromatic N) is 2. The van der Waals surface area contributed by atoms with Gasteiger partial charge in [-0.05, 0) is 37.3 Å². The Hall–Kier alpha value is -1.35. The van der Waals surface area contributed by atoms with Crippen molar-refractivity contribution in [3.8, 4) is 0 Å². The lowest BCUT2D eigenvalue weighted by molar-refractivity contribution is 0.222. The van der Waals surface area contributed by atoms with E-state index in [2.05, 4.69) is 42.7 Å². The molecule has 2 N–H and O–H groups in total. The summed E-state index contributed by atoms with van der Waals surface area (Å²) in [7, 11) is 0. The molecule has 1 aliphatic rings. The molecule has 1 aromatic heterocycles. The molecular weight excluding hydrogens is 246 g/mol. The second-order valence-electron chi connectivity index (χ2n) is 6.43. The maximum absolute atomic E-state index is 6.78. The van der Waals surface area contributed by atoms with Crippen LogP contribution in [-0.2, 0) is 12.1 Å². The molecule has 20 heavy (non-hydrogen) atoms. The largest absolute Gasteiger partial charge is 0.326 e. The lowest BCUT2D eigenvalue weighted by Crippen LogP contribution is -2.43. The van der Waals surface area contributed by atoms with Crippen molar-refractivity contribution in [2.24, 2.45) is 11.7 Å². The third-order valence-corrected chi connectivity index (χ3v) is 4.58. The van der Waals surface area contributed by atoms with Gasteiger partial charge in [0, 0.05) is 6.54 Å². The van der Waals surface area contributed by atoms with Gasteiger partial charge in [-0.1, -0.05) is 38.8 Å². The van der Waals surface area contributed by atoms with Crippen molar-refractivity contribution in [2.75, 3.05) is 0 Å². The monoisotopic (exact) mass is 271 g/mol. The summed E-state index contributed by atoms with van der Waals surface area (Å²) in [6, 6.07) is 8.41. The third kappa shape index (κ3) is 2.24. The van der Waals surface area contributed by atoms with Crippen LogP contribution in [0, 0.1) is 5.92 Å². The fourth-order valence-corrected chi connectivity index (χ4v) is 3.70. The number of aromatic nitrogens is 2. The predicted octanol–water partition coefficient (Wildman–Crippen LogP) is 3.81. The molecule has 2 aromatic rings. The van der Waals surface area contributed by atoms with E-state index in [0.717, 1.165) is 37.1 Å². The molecular formula is C17H25N3. The van der Waals surface area contributed by atoms with Gasteiger partial charge in [-0.2, -0.15) is 0 Å². The average Bonchev–Trinajstić information content (AvgIpc) is 2.79. The third-order valence-electron chi connectivity index (χ3n) is 4.58. The fourth-order valence-electron chi connectivity index (χ4n) is 3.70. The van der Waals surface area contributed by atoms with E-state index in [1.807, 2.05) is 0 Å². The van der Waals surface area contributed by atoms with E-state index in [-0.39, 0.29) is 5.54 Å². The Morgan fingerprint density at radius 1 is 1.40 bits per heavy atom. The van der Waals surface area contributed by atoms with Crippen LogP contribution in [0.15, 0.2) is 24.3 Å². The summed E-state index contributed by atoms with van der Waals surface area (Å²) >= 11 is 0. The van der Waals surface area contributed by atoms with Gasteiger partial charge in [-0.3, -0.25) is 0 Å². The Morgan fingerprint density at radius 3 is 2.95 bits per heavy atom. The van der Waals surface area contributed by atoms with E-state index in [1.54, 1.807) is 0 Å². The molecule has 0 aliphatic heterocycles. The predicted molar refractivity (Wildman–Crippen MR) is 83.5 cm³/mol. The van der Waals surface area contributed by atoms with Crippen molar-refractivity contribution in [2.45, 2.75) is 58.0 Å². The van der Waals surface area contributed by atoms with Crippen LogP contribution >= 0.6 is 0 Å². The molecule has 0 radical (unpaired) electrons. The highest BCUT2D eigenvalue weighted by Crippen LogP contribution is 2.38. The van der Waals surface area contributed by atoms with Gasteiger partial charge in [0.1, 0.15) is 5.82 Å². The Balaban J connectivity index is 2.12. The van der Waals surface area contributed by atoms with Gasteiger partial charge in [0.15, 0.2) is 0 Å². The normalized spacial score (nSPS) is 27.1. The summed E-state index contributed by atoms with van der Waals surface area (Å²) < 4.78 is 2.35. The molecule has 0 saturated heterocycles. The number of fused-ring (bicyclic) bond motifs is 1. The number of nitrogens with two attached hydrogens (primary N) is 1. The molecule has 3 nitrogen and oxygen atoms in total. The molecule has 1 fully saturated rings. The Kier molecular flexibility index (Phi) is 3.55. The standard InChI is InChI=1S/C17H25N3/c1-3-11-20-15-9-5-4-8-14(15)19-16(20)17(18)10-6-7-13(2)12-17/h4-5,8-9,13H,3,6-7,10-12,18H2,1-2H3. The van der Waals surface area contributed by atoms with Gasteiger partial charge >= 0.3 is 0 Å². The number of rotatable bonds is 3. The number of para-hydroxylation sites is 2. The molecule has 1 aromatic carbocycles. The van der Waals surface area contributed by atoms with Crippen LogP contribution < -0.4 is 5.73 Å². The van der Waals surface area contributed by atoms with E-state index >= 15 is 0 Å². The maximum atomic E-state index is 6.78. The summed E-state index contributed by atoms with van der Waals surface area (Å²) in [4.78, 5) is 4.90. The number of benzene rings is 1. The van der Waals surface area contributed by atoms with Crippen molar-refractivity contribution in [1.29, 1.82) is 0 Å². The van der Waals surface area contributed by atoms with Crippen LogP contribution in [0.1, 0.15) is 51.8 Å². The van der Waals surface area contributed by atoms with Gasteiger partial charge in [-0.15, -0.1) is 0 Å². The average molecular weight is 271 g/mol. The van der Waals surface area contributed by atoms with Gasteiger partial charge in [0.25, 0.3) is 0 Å². The first kappa shape index (κ1) is 13.6. The Morgan fingerprint density at radius 2 is 2.20 bits per heavy atom. The molecule has 0 amide bonds. The summed E-state index contributed by atoms with van der Waals surface area (Å²) in [6.45, 7) is 5.53. The zero-order chi connectivity index (χ0) is 14.2. The van der Waals surface area contributed by atoms with E-state index in [9.17, 15) is 0 Å². The zero-order valence-corrected chi connectivity index (χ0v) is 12.6. The quantitative estimate of drug-likeness (QED) is 0.922. The maximum Gasteiger partial charge on any atom is 0.130 e. The number of hydrogen-bond donors (Lipinski definition) is 1. The minimum Gasteiger partial charge on any atom is -0.326 e. The Bertz CT molecular complexity index is 601. The second kappa shape index (κ2) is 5.21. The minimum atomic E-state index is -0.244. The van der Waals surface area contributed by atoms with E-state index < -0.39 is 0 Å². The smallest absolute Gasteiger partial charge is 0.130 e. The Labute approximate surface area is 121 Å². The van der Waals surface area contributed by atoms with Crippen LogP contribution in [-0.4, -0.2) is 9.55 Å². The molecule has 0 bridgehead atoms. The lowest BCUT2D eigenvalue weighted by atomic mass is 9.76. The fraction of sp³-hybridized carbons (Fsp3) is 0.588. The van der Waals surface area contributed by atoms with Gasteiger partial charge in [-0.25, -0.2) is 4.98 Å². The summed E-state index contributed by atoms with van der Waals surface area (Å²) in [5.41, 5.74) is 8.85. The molecule has 108 valence electrons. The van der Waals surface area contributed by atoms with E-state index in [0.29, 0.717) is 5.92 Å². The second-order valence-corrected chi connectivity index (χ2v) is 6.43. The van der Waals surface area contributed by atoms with Crippen molar-refractivity contribution in [1.82, 2.24) is 9.55 Å². The van der Waals surface area contributed by atoms with Crippen LogP contribution in [0.25, 0.3) is 11.0 Å². The molecule has 2 unspecified atom stereocenters. The highest BCUT2D eigenvalue weighted by Gasteiger charge is 2.37. The van der Waals surface area contributed by atoms with Crippen molar-refractivity contribution in [3.63, 3.8) is 0 Å². The molecule has 3 heteroatoms. The van der Waals surface area contributed by atoms with E-state index in [1.165, 1.54) is 18.4 Å². The first-order chi connectivity index (χ1) is 9.64. The molecule has 1 aliphatic carbocycles. The topological polar surface area (TPSA) is 43.8 Å². The van der Waals surface area contributed by atoms with Crippen molar-refractivity contribution < 1.29 is 0 Å². The lowest BCUT2D eigenvalue weighted by Gasteiger charge is -2.36. The van der Waals surface area contributed by atoms with Crippen LogP contribution in [0.2, 0.25) is 0 Å². The summed E-state index contributed by atoms with van der Waals surface area (Å²) in [5.74, 6) is 1.80. The summed E-state index contributed by atoms with van der Waals surface area (Å²) in [6.07, 6.45) is 5.74. The van der Waals surface area contributed by atoms with E-state index in [4.69, 9.17) is 10.7 Å². The molecule has 0 spiro atoms. The molecule has 1 saturated carbocycles. The van der Waals surface area contributed by atoms with Crippen LogP contribution in [0.5, 0.6) is 0 Å². The summed E-state index contributed by atoms with van der Waals surface area (Å²) in [5, 5.41) is 0. The SMILES string of the molecule is CCCn1c(C2(N)CCCC(C)C2)nc2ccccc21. The number of imidazole rings is 1. The highest BCUT2D eigenvalue weighted by molar-refractivity contribution is 5.76. The number of aryl methyl sites for hydroxylation is 1. The first-order valence-corrected chi connectivity index (χ1v) is 7.88. The molecule has 3 rings (SSSR count).